The van der Waals surface area contributed by atoms with E-state index in [-0.39, 0.29) is 18.9 Å². The Hall–Kier alpha value is -2.73. The Labute approximate surface area is 133 Å². The highest BCUT2D eigenvalue weighted by Gasteiger charge is 2.58. The van der Waals surface area contributed by atoms with Gasteiger partial charge in [0.25, 0.3) is 0 Å². The lowest BCUT2D eigenvalue weighted by atomic mass is 10.1. The fourth-order valence-electron chi connectivity index (χ4n) is 2.75. The van der Waals surface area contributed by atoms with Crippen LogP contribution in [0.2, 0.25) is 0 Å². The lowest BCUT2D eigenvalue weighted by Gasteiger charge is -2.18. The molecule has 0 radical (unpaired) electrons. The molecule has 0 spiro atoms. The van der Waals surface area contributed by atoms with Crippen molar-refractivity contribution in [1.29, 1.82) is 0 Å². The largest absolute Gasteiger partial charge is 0.481 e. The summed E-state index contributed by atoms with van der Waals surface area (Å²) in [5.41, 5.74) is 8.42. The minimum atomic E-state index is -1.02. The van der Waals surface area contributed by atoms with E-state index >= 15 is 0 Å². The number of benzene rings is 1. The maximum absolute atomic E-state index is 11.9. The van der Waals surface area contributed by atoms with Gasteiger partial charge in [-0.3, -0.25) is 4.79 Å². The predicted molar refractivity (Wildman–Crippen MR) is 81.5 cm³/mol. The van der Waals surface area contributed by atoms with E-state index in [1.54, 1.807) is 6.92 Å². The Balaban J connectivity index is 1.95. The number of alkyl carbamates (subject to hydrolysis) is 1. The van der Waals surface area contributed by atoms with E-state index in [2.05, 4.69) is 15.3 Å². The highest BCUT2D eigenvalue weighted by atomic mass is 16.5. The molecule has 1 saturated carbocycles. The summed E-state index contributed by atoms with van der Waals surface area (Å²) in [4.78, 5) is 25.7. The summed E-state index contributed by atoms with van der Waals surface area (Å²) in [5.74, 6) is -1.23. The summed E-state index contributed by atoms with van der Waals surface area (Å²) < 4.78 is 5.13. The number of ether oxygens (including phenoxy) is 1. The van der Waals surface area contributed by atoms with Gasteiger partial charge in [-0.1, -0.05) is 42.4 Å². The van der Waals surface area contributed by atoms with Crippen molar-refractivity contribution in [3.63, 3.8) is 0 Å². The molecule has 0 saturated heterocycles. The van der Waals surface area contributed by atoms with E-state index in [4.69, 9.17) is 15.4 Å². The van der Waals surface area contributed by atoms with E-state index < -0.39 is 23.6 Å². The smallest absolute Gasteiger partial charge is 0.407 e. The van der Waals surface area contributed by atoms with E-state index in [1.165, 1.54) is 0 Å². The molecule has 1 aliphatic rings. The number of nitrogens with zero attached hydrogens (tertiary/aromatic N) is 3. The Kier molecular flexibility index (Phi) is 5.08. The first-order chi connectivity index (χ1) is 11.0. The van der Waals surface area contributed by atoms with E-state index in [0.29, 0.717) is 6.42 Å². The van der Waals surface area contributed by atoms with Crippen molar-refractivity contribution in [2.24, 2.45) is 11.0 Å². The fourth-order valence-corrected chi connectivity index (χ4v) is 2.75. The van der Waals surface area contributed by atoms with Crippen LogP contribution < -0.4 is 5.32 Å². The summed E-state index contributed by atoms with van der Waals surface area (Å²) in [7, 11) is 0. The van der Waals surface area contributed by atoms with Crippen molar-refractivity contribution in [3.05, 3.63) is 46.3 Å². The summed E-state index contributed by atoms with van der Waals surface area (Å²) >= 11 is 0. The SMILES string of the molecule is CC(N=[N+]=[N-])C1CC1(CC(=O)O)NC(=O)OCc1ccccc1. The number of nitrogens with one attached hydrogen (secondary N) is 1. The molecule has 1 amide bonds. The summed E-state index contributed by atoms with van der Waals surface area (Å²) in [6.07, 6.45) is -0.464. The van der Waals surface area contributed by atoms with Crippen molar-refractivity contribution >= 4 is 12.1 Å². The number of carbonyl (C=O) groups excluding carboxylic acids is 1. The van der Waals surface area contributed by atoms with Crippen LogP contribution in [-0.4, -0.2) is 28.7 Å². The molecule has 1 aromatic rings. The number of aliphatic carboxylic acids is 1. The zero-order chi connectivity index (χ0) is 16.9. The lowest BCUT2D eigenvalue weighted by Crippen LogP contribution is -2.41. The molecule has 1 aromatic carbocycles. The molecule has 23 heavy (non-hydrogen) atoms. The van der Waals surface area contributed by atoms with Gasteiger partial charge in [-0.25, -0.2) is 4.79 Å². The van der Waals surface area contributed by atoms with Gasteiger partial charge in [-0.15, -0.1) is 0 Å². The zero-order valence-electron chi connectivity index (χ0n) is 12.7. The molecule has 8 heteroatoms. The number of rotatable bonds is 7. The topological polar surface area (TPSA) is 124 Å². The lowest BCUT2D eigenvalue weighted by molar-refractivity contribution is -0.137. The number of carbonyl (C=O) groups is 2. The summed E-state index contributed by atoms with van der Waals surface area (Å²) in [6, 6.07) is 8.78. The Morgan fingerprint density at radius 1 is 1.52 bits per heavy atom. The first-order valence-corrected chi connectivity index (χ1v) is 7.22. The fraction of sp³-hybridized carbons (Fsp3) is 0.467. The quantitative estimate of drug-likeness (QED) is 0.455. The van der Waals surface area contributed by atoms with Gasteiger partial charge < -0.3 is 15.2 Å². The first-order valence-electron chi connectivity index (χ1n) is 7.22. The van der Waals surface area contributed by atoms with Gasteiger partial charge in [0.2, 0.25) is 0 Å². The zero-order valence-corrected chi connectivity index (χ0v) is 12.7. The molecule has 2 N–H and O–H groups in total. The molecule has 0 aromatic heterocycles. The molecule has 1 fully saturated rings. The van der Waals surface area contributed by atoms with Crippen LogP contribution in [0.3, 0.4) is 0 Å². The first kappa shape index (κ1) is 16.6. The standard InChI is InChI=1S/C15H18N4O4/c1-10(18-19-16)12-7-15(12,8-13(20)21)17-14(22)23-9-11-5-3-2-4-6-11/h2-6,10,12H,7-9H2,1H3,(H,17,22)(H,20,21). The second kappa shape index (κ2) is 7.02. The number of hydrogen-bond donors (Lipinski definition) is 2. The second-order valence-corrected chi connectivity index (χ2v) is 5.67. The third kappa shape index (κ3) is 4.37. The molecular weight excluding hydrogens is 300 g/mol. The van der Waals surface area contributed by atoms with Gasteiger partial charge in [-0.2, -0.15) is 0 Å². The van der Waals surface area contributed by atoms with Crippen LogP contribution in [0.15, 0.2) is 35.4 Å². The van der Waals surface area contributed by atoms with Gasteiger partial charge in [0, 0.05) is 11.0 Å². The number of carboxylic acid groups (broad SMARTS) is 1. The second-order valence-electron chi connectivity index (χ2n) is 5.67. The Morgan fingerprint density at radius 3 is 2.83 bits per heavy atom. The Morgan fingerprint density at radius 2 is 2.22 bits per heavy atom. The van der Waals surface area contributed by atoms with Crippen molar-refractivity contribution < 1.29 is 19.4 Å². The summed E-state index contributed by atoms with van der Waals surface area (Å²) in [6.45, 7) is 1.80. The van der Waals surface area contributed by atoms with Crippen LogP contribution in [0.5, 0.6) is 0 Å². The third-order valence-electron chi connectivity index (χ3n) is 3.98. The normalized spacial score (nSPS) is 23.3. The average Bonchev–Trinajstić information content (AvgIpc) is 3.19. The van der Waals surface area contributed by atoms with Crippen molar-refractivity contribution in [1.82, 2.24) is 5.32 Å². The minimum Gasteiger partial charge on any atom is -0.481 e. The van der Waals surface area contributed by atoms with Gasteiger partial charge in [0.05, 0.1) is 12.0 Å². The molecule has 3 atom stereocenters. The number of amides is 1. The van der Waals surface area contributed by atoms with Gasteiger partial charge >= 0.3 is 12.1 Å². The number of azide groups is 1. The van der Waals surface area contributed by atoms with Crippen LogP contribution in [0.25, 0.3) is 10.4 Å². The van der Waals surface area contributed by atoms with Crippen LogP contribution in [-0.2, 0) is 16.1 Å². The minimum absolute atomic E-state index is 0.104. The number of hydrogen-bond acceptors (Lipinski definition) is 4. The van der Waals surface area contributed by atoms with Gasteiger partial charge in [0.1, 0.15) is 6.61 Å². The molecule has 0 aliphatic heterocycles. The average molecular weight is 318 g/mol. The van der Waals surface area contributed by atoms with E-state index in [9.17, 15) is 9.59 Å². The molecule has 1 aliphatic carbocycles. The van der Waals surface area contributed by atoms with Crippen LogP contribution in [0, 0.1) is 5.92 Å². The summed E-state index contributed by atoms with van der Waals surface area (Å²) in [5, 5.41) is 15.3. The molecule has 0 heterocycles. The van der Waals surface area contributed by atoms with Crippen molar-refractivity contribution in [3.8, 4) is 0 Å². The number of carboxylic acids is 1. The maximum Gasteiger partial charge on any atom is 0.407 e. The molecule has 8 nitrogen and oxygen atoms in total. The van der Waals surface area contributed by atoms with E-state index in [0.717, 1.165) is 5.56 Å². The molecule has 122 valence electrons. The van der Waals surface area contributed by atoms with Crippen LogP contribution >= 0.6 is 0 Å². The van der Waals surface area contributed by atoms with Crippen LogP contribution in [0.1, 0.15) is 25.3 Å². The predicted octanol–water partition coefficient (Wildman–Crippen LogP) is 2.85. The molecule has 2 rings (SSSR count). The Bertz CT molecular complexity index is 630. The van der Waals surface area contributed by atoms with Gasteiger partial charge in [-0.05, 0) is 23.4 Å². The maximum atomic E-state index is 11.9. The highest BCUT2D eigenvalue weighted by molar-refractivity contribution is 5.74. The van der Waals surface area contributed by atoms with Gasteiger partial charge in [0.15, 0.2) is 0 Å². The molecule has 3 unspecified atom stereocenters. The highest BCUT2D eigenvalue weighted by Crippen LogP contribution is 2.49. The molecule has 0 bridgehead atoms. The van der Waals surface area contributed by atoms with Crippen molar-refractivity contribution in [2.45, 2.75) is 38.0 Å². The third-order valence-corrected chi connectivity index (χ3v) is 3.98. The monoisotopic (exact) mass is 318 g/mol. The van der Waals surface area contributed by atoms with Crippen LogP contribution in [0.4, 0.5) is 4.79 Å². The van der Waals surface area contributed by atoms with E-state index in [1.807, 2.05) is 30.3 Å². The molecular formula is C15H18N4O4. The van der Waals surface area contributed by atoms with Crippen molar-refractivity contribution in [2.75, 3.05) is 0 Å².